The number of anilines is 1. The van der Waals surface area contributed by atoms with Crippen molar-refractivity contribution in [2.45, 2.75) is 0 Å². The molecule has 0 bridgehead atoms. The molecule has 0 unspecified atom stereocenters. The first-order chi connectivity index (χ1) is 12.2. The van der Waals surface area contributed by atoms with Crippen molar-refractivity contribution < 1.29 is 19.4 Å². The molecule has 0 saturated heterocycles. The van der Waals surface area contributed by atoms with Crippen LogP contribution in [0.2, 0.25) is 0 Å². The van der Waals surface area contributed by atoms with Gasteiger partial charge in [0.2, 0.25) is 5.13 Å². The summed E-state index contributed by atoms with van der Waals surface area (Å²) in [6, 6.07) is 13.0. The number of carboxylic acids is 1. The Bertz CT molecular complexity index is 890. The van der Waals surface area contributed by atoms with E-state index in [1.54, 1.807) is 24.4 Å². The molecule has 0 spiro atoms. The first-order valence-electron chi connectivity index (χ1n) is 7.33. The average molecular weight is 357 g/mol. The summed E-state index contributed by atoms with van der Waals surface area (Å²) < 4.78 is 11.5. The Morgan fingerprint density at radius 3 is 2.92 bits per heavy atom. The van der Waals surface area contributed by atoms with E-state index in [0.29, 0.717) is 16.6 Å². The van der Waals surface area contributed by atoms with Crippen molar-refractivity contribution in [1.29, 1.82) is 0 Å². The number of thiazole rings is 1. The zero-order chi connectivity index (χ0) is 17.6. The van der Waals surface area contributed by atoms with Crippen LogP contribution in [-0.2, 0) is 4.79 Å². The fourth-order valence-corrected chi connectivity index (χ4v) is 2.92. The van der Waals surface area contributed by atoms with Gasteiger partial charge < -0.3 is 14.6 Å². The number of methoxy groups -OCH3 is 1. The number of carbonyl (C=O) groups is 1. The molecule has 0 amide bonds. The van der Waals surface area contributed by atoms with Gasteiger partial charge in [-0.15, -0.1) is 0 Å². The second-order valence-electron chi connectivity index (χ2n) is 4.95. The molecule has 0 atom stereocenters. The first kappa shape index (κ1) is 16.7. The highest BCUT2D eigenvalue weighted by molar-refractivity contribution is 7.22. The zero-order valence-corrected chi connectivity index (χ0v) is 14.1. The number of hydrazone groups is 1. The summed E-state index contributed by atoms with van der Waals surface area (Å²) in [5.74, 6) is -0.251. The Labute approximate surface area is 147 Å². The van der Waals surface area contributed by atoms with E-state index in [-0.39, 0.29) is 0 Å². The number of aromatic nitrogens is 1. The second kappa shape index (κ2) is 7.63. The Hall–Kier alpha value is -3.13. The SMILES string of the molecule is COc1cc(/C=N/Nc2nc3ccccc3s2)ccc1OCC(=O)O. The second-order valence-corrected chi connectivity index (χ2v) is 5.98. The molecule has 2 aromatic carbocycles. The van der Waals surface area contributed by atoms with Crippen molar-refractivity contribution in [3.05, 3.63) is 48.0 Å². The van der Waals surface area contributed by atoms with Gasteiger partial charge in [0.1, 0.15) is 0 Å². The number of nitrogens with one attached hydrogen (secondary N) is 1. The third-order valence-electron chi connectivity index (χ3n) is 3.21. The highest BCUT2D eigenvalue weighted by Crippen LogP contribution is 2.28. The predicted octanol–water partition coefficient (Wildman–Crippen LogP) is 3.21. The number of ether oxygens (including phenoxy) is 2. The third kappa shape index (κ3) is 4.24. The predicted molar refractivity (Wildman–Crippen MR) is 97.0 cm³/mol. The van der Waals surface area contributed by atoms with E-state index < -0.39 is 12.6 Å². The molecule has 0 aliphatic heterocycles. The van der Waals surface area contributed by atoms with Gasteiger partial charge in [-0.05, 0) is 35.9 Å². The number of hydrogen-bond donors (Lipinski definition) is 2. The van der Waals surface area contributed by atoms with E-state index >= 15 is 0 Å². The molecular weight excluding hydrogens is 342 g/mol. The van der Waals surface area contributed by atoms with E-state index in [2.05, 4.69) is 15.5 Å². The number of rotatable bonds is 7. The number of fused-ring (bicyclic) bond motifs is 1. The lowest BCUT2D eigenvalue weighted by Gasteiger charge is -2.09. The summed E-state index contributed by atoms with van der Waals surface area (Å²) in [4.78, 5) is 15.0. The molecular formula is C17H15N3O4S. The van der Waals surface area contributed by atoms with Crippen molar-refractivity contribution in [2.24, 2.45) is 5.10 Å². The van der Waals surface area contributed by atoms with Crippen molar-refractivity contribution in [3.63, 3.8) is 0 Å². The minimum absolute atomic E-state index is 0.362. The number of aliphatic carboxylic acids is 1. The van der Waals surface area contributed by atoms with Crippen molar-refractivity contribution in [1.82, 2.24) is 4.98 Å². The molecule has 25 heavy (non-hydrogen) atoms. The largest absolute Gasteiger partial charge is 0.493 e. The van der Waals surface area contributed by atoms with E-state index in [1.165, 1.54) is 18.4 Å². The van der Waals surface area contributed by atoms with Gasteiger partial charge in [-0.3, -0.25) is 5.43 Å². The smallest absolute Gasteiger partial charge is 0.341 e. The van der Waals surface area contributed by atoms with E-state index in [1.807, 2.05) is 24.3 Å². The summed E-state index contributed by atoms with van der Waals surface area (Å²) in [7, 11) is 1.49. The number of nitrogens with zero attached hydrogens (tertiary/aromatic N) is 2. The lowest BCUT2D eigenvalue weighted by atomic mass is 10.2. The van der Waals surface area contributed by atoms with Crippen LogP contribution in [0.3, 0.4) is 0 Å². The Morgan fingerprint density at radius 1 is 1.32 bits per heavy atom. The monoisotopic (exact) mass is 357 g/mol. The van der Waals surface area contributed by atoms with Crippen LogP contribution in [0.1, 0.15) is 5.56 Å². The molecule has 0 saturated carbocycles. The van der Waals surface area contributed by atoms with Gasteiger partial charge in [0.15, 0.2) is 18.1 Å². The molecule has 0 radical (unpaired) electrons. The Kier molecular flexibility index (Phi) is 5.10. The maximum Gasteiger partial charge on any atom is 0.341 e. The van der Waals surface area contributed by atoms with E-state index in [9.17, 15) is 4.79 Å². The molecule has 1 aromatic heterocycles. The summed E-state index contributed by atoms with van der Waals surface area (Å²) >= 11 is 1.52. The van der Waals surface area contributed by atoms with Gasteiger partial charge in [0.25, 0.3) is 0 Å². The number of para-hydroxylation sites is 1. The lowest BCUT2D eigenvalue weighted by Crippen LogP contribution is -2.10. The Balaban J connectivity index is 1.69. The number of hydrogen-bond acceptors (Lipinski definition) is 7. The molecule has 3 aromatic rings. The first-order valence-corrected chi connectivity index (χ1v) is 8.14. The fraction of sp³-hybridized carbons (Fsp3) is 0.118. The summed E-state index contributed by atoms with van der Waals surface area (Å²) in [6.45, 7) is -0.428. The highest BCUT2D eigenvalue weighted by Gasteiger charge is 2.07. The van der Waals surface area contributed by atoms with Crippen molar-refractivity contribution >= 4 is 38.9 Å². The summed E-state index contributed by atoms with van der Waals surface area (Å²) in [6.07, 6.45) is 1.62. The van der Waals surface area contributed by atoms with Crippen LogP contribution < -0.4 is 14.9 Å². The van der Waals surface area contributed by atoms with Gasteiger partial charge in [0.05, 0.1) is 23.5 Å². The van der Waals surface area contributed by atoms with Crippen molar-refractivity contribution in [2.75, 3.05) is 19.1 Å². The molecule has 7 nitrogen and oxygen atoms in total. The zero-order valence-electron chi connectivity index (χ0n) is 13.3. The molecule has 8 heteroatoms. The molecule has 2 N–H and O–H groups in total. The van der Waals surface area contributed by atoms with E-state index in [4.69, 9.17) is 14.6 Å². The highest BCUT2D eigenvalue weighted by atomic mass is 32.1. The molecule has 0 aliphatic carbocycles. The quantitative estimate of drug-likeness (QED) is 0.498. The van der Waals surface area contributed by atoms with Crippen LogP contribution in [0.25, 0.3) is 10.2 Å². The van der Waals surface area contributed by atoms with Crippen LogP contribution in [0.15, 0.2) is 47.6 Å². The standard InChI is InChI=1S/C17H15N3O4S/c1-23-14-8-11(6-7-13(14)24-10-16(21)22)9-18-20-17-19-12-4-2-3-5-15(12)25-17/h2-9H,10H2,1H3,(H,19,20)(H,21,22)/b18-9+. The molecule has 3 rings (SSSR count). The number of carboxylic acid groups (broad SMARTS) is 1. The van der Waals surface area contributed by atoms with Gasteiger partial charge in [-0.25, -0.2) is 9.78 Å². The van der Waals surface area contributed by atoms with E-state index in [0.717, 1.165) is 15.8 Å². The van der Waals surface area contributed by atoms with Gasteiger partial charge >= 0.3 is 5.97 Å². The lowest BCUT2D eigenvalue weighted by molar-refractivity contribution is -0.139. The molecule has 1 heterocycles. The average Bonchev–Trinajstić information content (AvgIpc) is 3.03. The maximum atomic E-state index is 10.6. The van der Waals surface area contributed by atoms with Gasteiger partial charge in [0, 0.05) is 0 Å². The third-order valence-corrected chi connectivity index (χ3v) is 4.15. The topological polar surface area (TPSA) is 93.0 Å². The van der Waals surface area contributed by atoms with Crippen LogP contribution in [-0.4, -0.2) is 36.0 Å². The van der Waals surface area contributed by atoms with Crippen LogP contribution >= 0.6 is 11.3 Å². The summed E-state index contributed by atoms with van der Waals surface area (Å²) in [5.41, 5.74) is 4.60. The molecule has 128 valence electrons. The maximum absolute atomic E-state index is 10.6. The van der Waals surface area contributed by atoms with Crippen LogP contribution in [0.5, 0.6) is 11.5 Å². The minimum atomic E-state index is -1.05. The van der Waals surface area contributed by atoms with Crippen molar-refractivity contribution in [3.8, 4) is 11.5 Å². The molecule has 0 aliphatic rings. The Morgan fingerprint density at radius 2 is 2.16 bits per heavy atom. The van der Waals surface area contributed by atoms with Crippen LogP contribution in [0.4, 0.5) is 5.13 Å². The molecule has 0 fully saturated rings. The normalized spacial score (nSPS) is 10.9. The fourth-order valence-electron chi connectivity index (χ4n) is 2.11. The van der Waals surface area contributed by atoms with Gasteiger partial charge in [-0.1, -0.05) is 23.5 Å². The summed E-state index contributed by atoms with van der Waals surface area (Å²) in [5, 5.41) is 13.5. The number of benzene rings is 2. The van der Waals surface area contributed by atoms with Gasteiger partial charge in [-0.2, -0.15) is 5.10 Å². The van der Waals surface area contributed by atoms with Crippen LogP contribution in [0, 0.1) is 0 Å². The minimum Gasteiger partial charge on any atom is -0.493 e.